The smallest absolute Gasteiger partial charge is 0.0542 e. The molecule has 3 nitrogen and oxygen atoms in total. The largest absolute Gasteiger partial charge is 0.295 e. The third-order valence-corrected chi connectivity index (χ3v) is 5.60. The lowest BCUT2D eigenvalue weighted by Crippen LogP contribution is -2.43. The molecule has 0 aromatic heterocycles. The standard InChI is InChI=1S/C25H29N3/c1-20(2)22-12-10-21(11-13-22)18-26-28-16-14-27(15-17-28)19-24-8-5-7-23-6-3-4-9-25(23)24/h3-13,18,20H,14-17,19H2,1-2H3/b26-18-. The van der Waals surface area contributed by atoms with Crippen molar-refractivity contribution in [1.82, 2.24) is 9.91 Å². The van der Waals surface area contributed by atoms with Crippen LogP contribution in [0.2, 0.25) is 0 Å². The third kappa shape index (κ3) is 4.42. The molecule has 4 rings (SSSR count). The van der Waals surface area contributed by atoms with E-state index in [1.54, 1.807) is 0 Å². The van der Waals surface area contributed by atoms with Crippen molar-refractivity contribution >= 4 is 17.0 Å². The lowest BCUT2D eigenvalue weighted by Gasteiger charge is -2.33. The highest BCUT2D eigenvalue weighted by atomic mass is 15.5. The van der Waals surface area contributed by atoms with Crippen molar-refractivity contribution in [2.24, 2.45) is 5.10 Å². The lowest BCUT2D eigenvalue weighted by molar-refractivity contribution is 0.131. The molecule has 1 aliphatic rings. The summed E-state index contributed by atoms with van der Waals surface area (Å²) in [5, 5.41) is 9.59. The van der Waals surface area contributed by atoms with E-state index >= 15 is 0 Å². The molecule has 28 heavy (non-hydrogen) atoms. The minimum atomic E-state index is 0.570. The Kier molecular flexibility index (Phi) is 5.73. The van der Waals surface area contributed by atoms with E-state index in [4.69, 9.17) is 5.10 Å². The molecular formula is C25H29N3. The van der Waals surface area contributed by atoms with Gasteiger partial charge in [0.25, 0.3) is 0 Å². The Balaban J connectivity index is 1.33. The fourth-order valence-electron chi connectivity index (χ4n) is 3.80. The predicted molar refractivity (Wildman–Crippen MR) is 119 cm³/mol. The molecule has 3 aromatic carbocycles. The van der Waals surface area contributed by atoms with Crippen LogP contribution in [0.15, 0.2) is 71.8 Å². The van der Waals surface area contributed by atoms with E-state index in [1.807, 2.05) is 6.21 Å². The van der Waals surface area contributed by atoms with E-state index < -0.39 is 0 Å². The van der Waals surface area contributed by atoms with Crippen LogP contribution in [0.25, 0.3) is 10.8 Å². The molecule has 1 aliphatic heterocycles. The number of fused-ring (bicyclic) bond motifs is 1. The van der Waals surface area contributed by atoms with Gasteiger partial charge in [0.2, 0.25) is 0 Å². The SMILES string of the molecule is CC(C)c1ccc(/C=N\N2CCN(Cc3cccc4ccccc34)CC2)cc1. The second-order valence-corrected chi connectivity index (χ2v) is 7.93. The van der Waals surface area contributed by atoms with E-state index in [0.29, 0.717) is 5.92 Å². The van der Waals surface area contributed by atoms with Crippen LogP contribution in [0, 0.1) is 0 Å². The highest BCUT2D eigenvalue weighted by molar-refractivity contribution is 5.85. The second-order valence-electron chi connectivity index (χ2n) is 7.93. The zero-order valence-electron chi connectivity index (χ0n) is 16.9. The van der Waals surface area contributed by atoms with Crippen molar-refractivity contribution in [2.75, 3.05) is 26.2 Å². The van der Waals surface area contributed by atoms with Gasteiger partial charge in [0.05, 0.1) is 6.21 Å². The van der Waals surface area contributed by atoms with Crippen LogP contribution < -0.4 is 0 Å². The summed E-state index contributed by atoms with van der Waals surface area (Å²) in [5.74, 6) is 0.570. The van der Waals surface area contributed by atoms with Gasteiger partial charge in [-0.1, -0.05) is 80.6 Å². The first-order chi connectivity index (χ1) is 13.7. The molecule has 0 amide bonds. The maximum absolute atomic E-state index is 4.70. The summed E-state index contributed by atoms with van der Waals surface area (Å²) >= 11 is 0. The molecule has 0 bridgehead atoms. The van der Waals surface area contributed by atoms with Crippen LogP contribution in [-0.2, 0) is 6.54 Å². The summed E-state index contributed by atoms with van der Waals surface area (Å²) in [7, 11) is 0. The Bertz CT molecular complexity index is 930. The fourth-order valence-corrected chi connectivity index (χ4v) is 3.80. The normalized spacial score (nSPS) is 15.8. The predicted octanol–water partition coefficient (Wildman–Crippen LogP) is 5.11. The first-order valence-corrected chi connectivity index (χ1v) is 10.3. The number of rotatable bonds is 5. The maximum atomic E-state index is 4.70. The molecule has 144 valence electrons. The van der Waals surface area contributed by atoms with Gasteiger partial charge >= 0.3 is 0 Å². The molecule has 3 heteroatoms. The van der Waals surface area contributed by atoms with Crippen molar-refractivity contribution < 1.29 is 0 Å². The maximum Gasteiger partial charge on any atom is 0.0542 e. The summed E-state index contributed by atoms with van der Waals surface area (Å²) < 4.78 is 0. The molecule has 1 heterocycles. The Morgan fingerprint density at radius 2 is 1.57 bits per heavy atom. The van der Waals surface area contributed by atoms with Gasteiger partial charge in [0.1, 0.15) is 0 Å². The van der Waals surface area contributed by atoms with Crippen LogP contribution >= 0.6 is 0 Å². The zero-order valence-corrected chi connectivity index (χ0v) is 16.9. The van der Waals surface area contributed by atoms with Crippen molar-refractivity contribution in [3.63, 3.8) is 0 Å². The number of hydrogen-bond donors (Lipinski definition) is 0. The van der Waals surface area contributed by atoms with Crippen molar-refractivity contribution in [3.8, 4) is 0 Å². The summed E-state index contributed by atoms with van der Waals surface area (Å²) in [5.41, 5.74) is 3.96. The van der Waals surface area contributed by atoms with Crippen LogP contribution in [-0.4, -0.2) is 42.3 Å². The van der Waals surface area contributed by atoms with Gasteiger partial charge in [-0.05, 0) is 33.4 Å². The Labute approximate surface area is 168 Å². The summed E-state index contributed by atoms with van der Waals surface area (Å²) in [4.78, 5) is 2.53. The zero-order chi connectivity index (χ0) is 19.3. The molecule has 0 radical (unpaired) electrons. The van der Waals surface area contributed by atoms with E-state index in [-0.39, 0.29) is 0 Å². The van der Waals surface area contributed by atoms with E-state index in [1.165, 1.54) is 27.5 Å². The molecule has 3 aromatic rings. The fraction of sp³-hybridized carbons (Fsp3) is 0.320. The Hall–Kier alpha value is -2.65. The summed E-state index contributed by atoms with van der Waals surface area (Å²) in [6, 6.07) is 24.0. The number of piperazine rings is 1. The van der Waals surface area contributed by atoms with Gasteiger partial charge in [-0.2, -0.15) is 5.10 Å². The molecule has 0 unspecified atom stereocenters. The van der Waals surface area contributed by atoms with E-state index in [0.717, 1.165) is 32.7 Å². The lowest BCUT2D eigenvalue weighted by atomic mass is 10.0. The highest BCUT2D eigenvalue weighted by Gasteiger charge is 2.16. The Morgan fingerprint density at radius 3 is 2.32 bits per heavy atom. The molecule has 0 spiro atoms. The van der Waals surface area contributed by atoms with Gasteiger partial charge in [-0.15, -0.1) is 0 Å². The molecule has 1 fully saturated rings. The third-order valence-electron chi connectivity index (χ3n) is 5.60. The van der Waals surface area contributed by atoms with E-state index in [9.17, 15) is 0 Å². The summed E-state index contributed by atoms with van der Waals surface area (Å²) in [6.45, 7) is 9.51. The van der Waals surface area contributed by atoms with Gasteiger partial charge in [0.15, 0.2) is 0 Å². The van der Waals surface area contributed by atoms with Crippen LogP contribution in [0.4, 0.5) is 0 Å². The topological polar surface area (TPSA) is 18.8 Å². The Morgan fingerprint density at radius 1 is 0.857 bits per heavy atom. The van der Waals surface area contributed by atoms with Gasteiger partial charge in [0, 0.05) is 32.7 Å². The minimum absolute atomic E-state index is 0.570. The molecule has 0 saturated carbocycles. The first kappa shape index (κ1) is 18.7. The van der Waals surface area contributed by atoms with Gasteiger partial charge < -0.3 is 0 Å². The van der Waals surface area contributed by atoms with Crippen LogP contribution in [0.5, 0.6) is 0 Å². The number of benzene rings is 3. The highest BCUT2D eigenvalue weighted by Crippen LogP contribution is 2.20. The quantitative estimate of drug-likeness (QED) is 0.580. The monoisotopic (exact) mass is 371 g/mol. The number of hydrazone groups is 1. The van der Waals surface area contributed by atoms with Crippen LogP contribution in [0.3, 0.4) is 0 Å². The molecule has 0 atom stereocenters. The summed E-state index contributed by atoms with van der Waals surface area (Å²) in [6.07, 6.45) is 1.99. The average molecular weight is 372 g/mol. The van der Waals surface area contributed by atoms with Crippen molar-refractivity contribution in [1.29, 1.82) is 0 Å². The molecule has 0 N–H and O–H groups in total. The molecule has 1 saturated heterocycles. The van der Waals surface area contributed by atoms with Gasteiger partial charge in [-0.3, -0.25) is 9.91 Å². The average Bonchev–Trinajstić information content (AvgIpc) is 2.74. The number of hydrogen-bond acceptors (Lipinski definition) is 3. The molecule has 0 aliphatic carbocycles. The number of nitrogens with zero attached hydrogens (tertiary/aromatic N) is 3. The first-order valence-electron chi connectivity index (χ1n) is 10.3. The van der Waals surface area contributed by atoms with Crippen molar-refractivity contribution in [2.45, 2.75) is 26.3 Å². The molecular weight excluding hydrogens is 342 g/mol. The van der Waals surface area contributed by atoms with E-state index in [2.05, 4.69) is 90.5 Å². The second kappa shape index (κ2) is 8.57. The minimum Gasteiger partial charge on any atom is -0.295 e. The van der Waals surface area contributed by atoms with Gasteiger partial charge in [-0.25, -0.2) is 0 Å². The van der Waals surface area contributed by atoms with Crippen LogP contribution in [0.1, 0.15) is 36.5 Å². The van der Waals surface area contributed by atoms with Crippen molar-refractivity contribution in [3.05, 3.63) is 83.4 Å².